The molecular weight excluding hydrogens is 396 g/mol. The van der Waals surface area contributed by atoms with Crippen LogP contribution in [0.2, 0.25) is 0 Å². The number of likely N-dealkylation sites (N-methyl/N-ethyl adjacent to an activating group) is 1. The van der Waals surface area contributed by atoms with Gasteiger partial charge in [-0.25, -0.2) is 0 Å². The first kappa shape index (κ1) is 22.5. The molecule has 3 N–H and O–H groups in total. The fraction of sp³-hybridized carbons (Fsp3) is 0.478. The maximum Gasteiger partial charge on any atom is 0.292 e. The van der Waals surface area contributed by atoms with E-state index < -0.39 is 11.9 Å². The van der Waals surface area contributed by atoms with Crippen molar-refractivity contribution in [3.8, 4) is 0 Å². The molecule has 3 amide bonds. The lowest BCUT2D eigenvalue weighted by molar-refractivity contribution is -0.126. The van der Waals surface area contributed by atoms with Crippen LogP contribution in [0.25, 0.3) is 0 Å². The predicted molar refractivity (Wildman–Crippen MR) is 115 cm³/mol. The van der Waals surface area contributed by atoms with Crippen LogP contribution >= 0.6 is 0 Å². The van der Waals surface area contributed by atoms with Crippen molar-refractivity contribution in [2.24, 2.45) is 11.7 Å². The van der Waals surface area contributed by atoms with E-state index in [9.17, 15) is 14.4 Å². The number of amides is 3. The van der Waals surface area contributed by atoms with Crippen LogP contribution in [0, 0.1) is 5.92 Å². The molecule has 31 heavy (non-hydrogen) atoms. The average Bonchev–Trinajstić information content (AvgIpc) is 3.31. The lowest BCUT2D eigenvalue weighted by Gasteiger charge is -2.31. The summed E-state index contributed by atoms with van der Waals surface area (Å²) in [5.74, 6) is -0.517. The van der Waals surface area contributed by atoms with E-state index in [-0.39, 0.29) is 30.5 Å². The first-order valence-electron chi connectivity index (χ1n) is 10.8. The highest BCUT2D eigenvalue weighted by atomic mass is 16.5. The molecule has 3 rings (SSSR count). The summed E-state index contributed by atoms with van der Waals surface area (Å²) < 4.78 is 5.00. The normalized spacial score (nSPS) is 15.3. The lowest BCUT2D eigenvalue weighted by Crippen LogP contribution is -2.48. The van der Waals surface area contributed by atoms with Crippen LogP contribution in [-0.2, 0) is 22.6 Å². The Morgan fingerprint density at radius 2 is 1.87 bits per heavy atom. The molecule has 1 fully saturated rings. The van der Waals surface area contributed by atoms with Gasteiger partial charge in [-0.2, -0.15) is 0 Å². The Morgan fingerprint density at radius 1 is 1.16 bits per heavy atom. The van der Waals surface area contributed by atoms with E-state index in [1.165, 1.54) is 23.6 Å². The number of nitrogens with zero attached hydrogens (tertiary/aromatic N) is 2. The molecule has 2 aromatic rings. The molecule has 8 heteroatoms. The maximum absolute atomic E-state index is 13.2. The van der Waals surface area contributed by atoms with Crippen molar-refractivity contribution >= 4 is 17.7 Å². The Kier molecular flexibility index (Phi) is 7.81. The van der Waals surface area contributed by atoms with Crippen LogP contribution in [0.4, 0.5) is 0 Å². The highest BCUT2D eigenvalue weighted by molar-refractivity contribution is 5.95. The average molecular weight is 427 g/mol. The van der Waals surface area contributed by atoms with Gasteiger partial charge in [-0.15, -0.1) is 0 Å². The quantitative estimate of drug-likeness (QED) is 0.638. The Bertz CT molecular complexity index is 891. The van der Waals surface area contributed by atoms with E-state index >= 15 is 0 Å². The van der Waals surface area contributed by atoms with Crippen LogP contribution < -0.4 is 11.1 Å². The number of primary amides is 1. The Morgan fingerprint density at radius 3 is 2.52 bits per heavy atom. The maximum atomic E-state index is 13.2. The molecule has 0 radical (unpaired) electrons. The zero-order chi connectivity index (χ0) is 22.2. The van der Waals surface area contributed by atoms with Crippen molar-refractivity contribution in [3.63, 3.8) is 0 Å². The van der Waals surface area contributed by atoms with Gasteiger partial charge in [-0.05, 0) is 23.5 Å². The Labute approximate surface area is 182 Å². The molecular formula is C23H30N4O4. The number of nitrogens with two attached hydrogens (primary N) is 1. The molecule has 166 valence electrons. The van der Waals surface area contributed by atoms with Gasteiger partial charge in [0.25, 0.3) is 5.91 Å². The minimum Gasteiger partial charge on any atom is -0.369 e. The van der Waals surface area contributed by atoms with Gasteiger partial charge < -0.3 is 20.5 Å². The van der Waals surface area contributed by atoms with Gasteiger partial charge in [-0.1, -0.05) is 61.5 Å². The number of hydrogen-bond acceptors (Lipinski definition) is 5. The van der Waals surface area contributed by atoms with Gasteiger partial charge in [-0.3, -0.25) is 14.4 Å². The predicted octanol–water partition coefficient (Wildman–Crippen LogP) is 2.43. The molecule has 0 bridgehead atoms. The van der Waals surface area contributed by atoms with Gasteiger partial charge in [0.05, 0.1) is 12.6 Å². The van der Waals surface area contributed by atoms with Crippen LogP contribution in [-0.4, -0.2) is 40.9 Å². The van der Waals surface area contributed by atoms with Crippen molar-refractivity contribution in [2.45, 2.75) is 57.5 Å². The molecule has 1 heterocycles. The summed E-state index contributed by atoms with van der Waals surface area (Å²) in [7, 11) is 1.62. The minimum atomic E-state index is -0.621. The fourth-order valence-electron chi connectivity index (χ4n) is 4.21. The summed E-state index contributed by atoms with van der Waals surface area (Å²) in [4.78, 5) is 38.8. The highest BCUT2D eigenvalue weighted by Gasteiger charge is 2.32. The lowest BCUT2D eigenvalue weighted by atomic mass is 9.84. The number of hydrogen-bond donors (Lipinski definition) is 2. The highest BCUT2D eigenvalue weighted by Crippen LogP contribution is 2.29. The van der Waals surface area contributed by atoms with Gasteiger partial charge in [0.15, 0.2) is 0 Å². The zero-order valence-corrected chi connectivity index (χ0v) is 17.9. The first-order chi connectivity index (χ1) is 15.0. The smallest absolute Gasteiger partial charge is 0.292 e. The van der Waals surface area contributed by atoms with E-state index in [1.807, 2.05) is 24.3 Å². The molecule has 0 spiro atoms. The van der Waals surface area contributed by atoms with E-state index in [1.54, 1.807) is 7.05 Å². The zero-order valence-electron chi connectivity index (χ0n) is 17.9. The summed E-state index contributed by atoms with van der Waals surface area (Å²) in [6.45, 7) is 0.258. The molecule has 0 saturated heterocycles. The van der Waals surface area contributed by atoms with E-state index in [4.69, 9.17) is 10.3 Å². The fourth-order valence-corrected chi connectivity index (χ4v) is 4.21. The number of aromatic nitrogens is 1. The second-order valence-electron chi connectivity index (χ2n) is 8.18. The van der Waals surface area contributed by atoms with E-state index in [0.29, 0.717) is 12.3 Å². The summed E-state index contributed by atoms with van der Waals surface area (Å²) in [5.41, 5.74) is 6.95. The second kappa shape index (κ2) is 10.7. The molecule has 1 aliphatic carbocycles. The van der Waals surface area contributed by atoms with Gasteiger partial charge in [0.1, 0.15) is 6.04 Å². The third-order valence-corrected chi connectivity index (χ3v) is 5.96. The number of nitrogens with one attached hydrogen (secondary N) is 1. The van der Waals surface area contributed by atoms with Gasteiger partial charge in [0, 0.05) is 19.7 Å². The third kappa shape index (κ3) is 6.16. The van der Waals surface area contributed by atoms with Crippen LogP contribution in [0.5, 0.6) is 0 Å². The van der Waals surface area contributed by atoms with Crippen LogP contribution in [0.3, 0.4) is 0 Å². The Balaban J connectivity index is 1.72. The van der Waals surface area contributed by atoms with Crippen LogP contribution in [0.15, 0.2) is 41.1 Å². The molecule has 1 aromatic heterocycles. The second-order valence-corrected chi connectivity index (χ2v) is 8.18. The molecule has 1 saturated carbocycles. The van der Waals surface area contributed by atoms with E-state index in [0.717, 1.165) is 36.8 Å². The number of carbonyl (C=O) groups is 3. The van der Waals surface area contributed by atoms with Crippen molar-refractivity contribution < 1.29 is 18.9 Å². The Hall–Kier alpha value is -3.16. The number of benzene rings is 1. The van der Waals surface area contributed by atoms with Gasteiger partial charge >= 0.3 is 0 Å². The van der Waals surface area contributed by atoms with Crippen molar-refractivity contribution in [2.75, 3.05) is 7.05 Å². The number of rotatable bonds is 9. The van der Waals surface area contributed by atoms with E-state index in [2.05, 4.69) is 10.5 Å². The minimum absolute atomic E-state index is 0.107. The topological polar surface area (TPSA) is 119 Å². The monoisotopic (exact) mass is 426 g/mol. The molecule has 1 aromatic carbocycles. The molecule has 1 aliphatic rings. The van der Waals surface area contributed by atoms with Crippen molar-refractivity contribution in [1.82, 2.24) is 15.4 Å². The molecule has 8 nitrogen and oxygen atoms in total. The van der Waals surface area contributed by atoms with Crippen molar-refractivity contribution in [1.29, 1.82) is 0 Å². The number of carbonyl (C=O) groups excluding carboxylic acids is 3. The third-order valence-electron chi connectivity index (χ3n) is 5.96. The molecule has 0 aliphatic heterocycles. The summed E-state index contributed by atoms with van der Waals surface area (Å²) in [6.07, 6.45) is 7.78. The van der Waals surface area contributed by atoms with Crippen molar-refractivity contribution in [3.05, 3.63) is 53.4 Å². The standard InChI is InChI=1S/C23H30N4O4/c1-27(23(30)20-11-12-26-31-20)19(13-16-7-3-2-4-8-16)22(29)25-15-18-10-6-5-9-17(18)14-21(24)28/h5-6,9-12,16,19H,2-4,7-8,13-15H2,1H3,(H2,24,28)(H,25,29)/t19-/m0/s1. The summed E-state index contributed by atoms with van der Waals surface area (Å²) in [6, 6.07) is 8.24. The largest absolute Gasteiger partial charge is 0.369 e. The SMILES string of the molecule is CN(C(=O)c1ccno1)[C@@H](CC1CCCCC1)C(=O)NCc1ccccc1CC(N)=O. The molecule has 1 atom stereocenters. The first-order valence-corrected chi connectivity index (χ1v) is 10.8. The molecule has 0 unspecified atom stereocenters. The summed E-state index contributed by atoms with van der Waals surface area (Å²) in [5, 5.41) is 6.55. The van der Waals surface area contributed by atoms with Gasteiger partial charge in [0.2, 0.25) is 17.6 Å². The summed E-state index contributed by atoms with van der Waals surface area (Å²) >= 11 is 0. The van der Waals surface area contributed by atoms with Crippen LogP contribution in [0.1, 0.15) is 60.2 Å².